The highest BCUT2D eigenvalue weighted by Crippen LogP contribution is 2.11. The fourth-order valence-corrected chi connectivity index (χ4v) is 1.74. The van der Waals surface area contributed by atoms with Gasteiger partial charge in [-0.25, -0.2) is 4.79 Å². The van der Waals surface area contributed by atoms with Crippen molar-refractivity contribution in [1.82, 2.24) is 0 Å². The normalized spacial score (nSPS) is 10.7. The third-order valence-corrected chi connectivity index (χ3v) is 2.70. The minimum atomic E-state index is -0.250. The summed E-state index contributed by atoms with van der Waals surface area (Å²) in [5, 5.41) is 0. The molecule has 1 aromatic carbocycles. The number of unbranched alkanes of at least 4 members (excludes halogenated alkanes) is 3. The Morgan fingerprint density at radius 3 is 2.39 bits per heavy atom. The van der Waals surface area contributed by atoms with Gasteiger partial charge in [-0.05, 0) is 57.7 Å². The highest BCUT2D eigenvalue weighted by atomic mass is 16.5. The first-order valence-electron chi connectivity index (χ1n) is 6.63. The molecule has 0 bridgehead atoms. The lowest BCUT2D eigenvalue weighted by atomic mass is 10.0. The van der Waals surface area contributed by atoms with Gasteiger partial charge >= 0.3 is 5.97 Å². The smallest absolute Gasteiger partial charge is 0.338 e. The minimum absolute atomic E-state index is 0.0755. The maximum atomic E-state index is 11.6. The summed E-state index contributed by atoms with van der Waals surface area (Å²) in [6.45, 7) is 9.15. The molecule has 0 atom stereocenters. The highest BCUT2D eigenvalue weighted by molar-refractivity contribution is 5.89. The number of carbonyl (C=O) groups excluding carboxylic acids is 1. The SMILES string of the molecule is [CH]CCCCCc1ccc(C(=O)OC(C)C)cc1. The number of ether oxygens (including phenoxy) is 1. The summed E-state index contributed by atoms with van der Waals surface area (Å²) in [7, 11) is 0. The van der Waals surface area contributed by atoms with Crippen molar-refractivity contribution in [1.29, 1.82) is 0 Å². The third kappa shape index (κ3) is 5.35. The third-order valence-electron chi connectivity index (χ3n) is 2.70. The van der Waals surface area contributed by atoms with Gasteiger partial charge in [0.1, 0.15) is 0 Å². The predicted molar refractivity (Wildman–Crippen MR) is 73.5 cm³/mol. The first-order chi connectivity index (χ1) is 8.63. The molecule has 2 radical (unpaired) electrons. The van der Waals surface area contributed by atoms with Crippen LogP contribution < -0.4 is 0 Å². The van der Waals surface area contributed by atoms with Gasteiger partial charge in [-0.3, -0.25) is 0 Å². The molecule has 0 saturated carbocycles. The van der Waals surface area contributed by atoms with Crippen LogP contribution in [0.3, 0.4) is 0 Å². The fraction of sp³-hybridized carbons (Fsp3) is 0.500. The summed E-state index contributed by atoms with van der Waals surface area (Å²) in [4.78, 5) is 11.6. The summed E-state index contributed by atoms with van der Waals surface area (Å²) in [6, 6.07) is 7.67. The first-order valence-corrected chi connectivity index (χ1v) is 6.63. The predicted octanol–water partition coefficient (Wildman–Crippen LogP) is 4.07. The molecule has 1 rings (SSSR count). The molecule has 0 aliphatic carbocycles. The Hall–Kier alpha value is -1.31. The molecule has 0 amide bonds. The van der Waals surface area contributed by atoms with Crippen molar-refractivity contribution < 1.29 is 9.53 Å². The molecule has 0 unspecified atom stereocenters. The number of benzene rings is 1. The fourth-order valence-electron chi connectivity index (χ4n) is 1.74. The van der Waals surface area contributed by atoms with Crippen LogP contribution in [0.25, 0.3) is 0 Å². The Bertz CT molecular complexity index is 352. The van der Waals surface area contributed by atoms with Crippen molar-refractivity contribution in [2.75, 3.05) is 0 Å². The molecule has 0 heterocycles. The topological polar surface area (TPSA) is 26.3 Å². The van der Waals surface area contributed by atoms with Gasteiger partial charge in [0, 0.05) is 0 Å². The van der Waals surface area contributed by atoms with E-state index in [2.05, 4.69) is 0 Å². The largest absolute Gasteiger partial charge is 0.459 e. The zero-order valence-corrected chi connectivity index (χ0v) is 11.3. The van der Waals surface area contributed by atoms with E-state index >= 15 is 0 Å². The lowest BCUT2D eigenvalue weighted by molar-refractivity contribution is 0.0378. The first kappa shape index (κ1) is 14.7. The molecule has 1 aromatic rings. The van der Waals surface area contributed by atoms with Gasteiger partial charge in [-0.2, -0.15) is 0 Å². The molecule has 2 heteroatoms. The lowest BCUT2D eigenvalue weighted by Crippen LogP contribution is -2.11. The highest BCUT2D eigenvalue weighted by Gasteiger charge is 2.08. The van der Waals surface area contributed by atoms with Crippen LogP contribution in [0.1, 0.15) is 55.5 Å². The maximum absolute atomic E-state index is 11.6. The zero-order valence-electron chi connectivity index (χ0n) is 11.3. The summed E-state index contributed by atoms with van der Waals surface area (Å²) in [5.74, 6) is -0.250. The average molecular weight is 246 g/mol. The number of esters is 1. The van der Waals surface area contributed by atoms with Crippen LogP contribution in [0.2, 0.25) is 0 Å². The second kappa shape index (κ2) is 7.91. The lowest BCUT2D eigenvalue weighted by Gasteiger charge is -2.08. The van der Waals surface area contributed by atoms with E-state index in [1.807, 2.05) is 38.1 Å². The molecule has 0 fully saturated rings. The van der Waals surface area contributed by atoms with E-state index in [0.717, 1.165) is 32.1 Å². The number of carbonyl (C=O) groups is 1. The van der Waals surface area contributed by atoms with Crippen molar-refractivity contribution in [3.05, 3.63) is 42.3 Å². The van der Waals surface area contributed by atoms with E-state index in [9.17, 15) is 4.79 Å². The Morgan fingerprint density at radius 1 is 1.17 bits per heavy atom. The van der Waals surface area contributed by atoms with E-state index in [1.165, 1.54) is 5.56 Å². The Kier molecular flexibility index (Phi) is 6.48. The van der Waals surface area contributed by atoms with Crippen LogP contribution >= 0.6 is 0 Å². The van der Waals surface area contributed by atoms with E-state index in [4.69, 9.17) is 11.7 Å². The molecule has 98 valence electrons. The van der Waals surface area contributed by atoms with Crippen LogP contribution in [0.5, 0.6) is 0 Å². The molecule has 0 spiro atoms. The molecular weight excluding hydrogens is 224 g/mol. The standard InChI is InChI=1S/C16H22O2/c1-4-5-6-7-8-14-9-11-15(12-10-14)16(17)18-13(2)3/h1,9-13H,4-8H2,2-3H3. The second-order valence-electron chi connectivity index (χ2n) is 4.75. The van der Waals surface area contributed by atoms with E-state index in [-0.39, 0.29) is 12.1 Å². The monoisotopic (exact) mass is 246 g/mol. The van der Waals surface area contributed by atoms with Gasteiger partial charge in [0.25, 0.3) is 0 Å². The maximum Gasteiger partial charge on any atom is 0.338 e. The van der Waals surface area contributed by atoms with Crippen LogP contribution in [0.4, 0.5) is 0 Å². The Balaban J connectivity index is 2.44. The quantitative estimate of drug-likeness (QED) is 0.535. The molecule has 0 N–H and O–H groups in total. The minimum Gasteiger partial charge on any atom is -0.459 e. The molecule has 0 aliphatic heterocycles. The van der Waals surface area contributed by atoms with Gasteiger partial charge < -0.3 is 4.74 Å². The number of hydrogen-bond donors (Lipinski definition) is 0. The van der Waals surface area contributed by atoms with E-state index in [0.29, 0.717) is 5.56 Å². The Labute approximate surface area is 110 Å². The van der Waals surface area contributed by atoms with Crippen LogP contribution in [0, 0.1) is 6.92 Å². The molecule has 0 saturated heterocycles. The van der Waals surface area contributed by atoms with Gasteiger partial charge in [-0.15, -0.1) is 0 Å². The van der Waals surface area contributed by atoms with Crippen molar-refractivity contribution in [2.24, 2.45) is 0 Å². The average Bonchev–Trinajstić information content (AvgIpc) is 2.34. The summed E-state index contributed by atoms with van der Waals surface area (Å²) in [6.07, 6.45) is 5.12. The Morgan fingerprint density at radius 2 is 1.83 bits per heavy atom. The molecular formula is C16H22O2. The summed E-state index contributed by atoms with van der Waals surface area (Å²) >= 11 is 0. The van der Waals surface area contributed by atoms with Gasteiger partial charge in [0.05, 0.1) is 11.7 Å². The molecule has 0 aliphatic rings. The zero-order chi connectivity index (χ0) is 13.4. The van der Waals surface area contributed by atoms with Gasteiger partial charge in [-0.1, -0.05) is 25.0 Å². The molecule has 18 heavy (non-hydrogen) atoms. The van der Waals surface area contributed by atoms with Gasteiger partial charge in [0.15, 0.2) is 0 Å². The van der Waals surface area contributed by atoms with Crippen molar-refractivity contribution in [3.63, 3.8) is 0 Å². The van der Waals surface area contributed by atoms with Gasteiger partial charge in [0.2, 0.25) is 0 Å². The number of hydrogen-bond acceptors (Lipinski definition) is 2. The van der Waals surface area contributed by atoms with Crippen LogP contribution in [-0.4, -0.2) is 12.1 Å². The summed E-state index contributed by atoms with van der Waals surface area (Å²) < 4.78 is 5.14. The van der Waals surface area contributed by atoms with Crippen LogP contribution in [0.15, 0.2) is 24.3 Å². The van der Waals surface area contributed by atoms with Crippen molar-refractivity contribution in [3.8, 4) is 0 Å². The summed E-state index contributed by atoms with van der Waals surface area (Å²) in [5.41, 5.74) is 1.88. The second-order valence-corrected chi connectivity index (χ2v) is 4.75. The van der Waals surface area contributed by atoms with Crippen molar-refractivity contribution in [2.45, 2.75) is 52.1 Å². The van der Waals surface area contributed by atoms with E-state index < -0.39 is 0 Å². The number of aryl methyl sites for hydroxylation is 1. The molecule has 0 aromatic heterocycles. The molecule has 2 nitrogen and oxygen atoms in total. The van der Waals surface area contributed by atoms with Crippen LogP contribution in [-0.2, 0) is 11.2 Å². The number of rotatable bonds is 7. The van der Waals surface area contributed by atoms with Crippen molar-refractivity contribution >= 4 is 5.97 Å². The van der Waals surface area contributed by atoms with E-state index in [1.54, 1.807) is 0 Å².